The van der Waals surface area contributed by atoms with Gasteiger partial charge in [0.05, 0.1) is 11.8 Å². The fraction of sp³-hybridized carbons (Fsp3) is 0.318. The minimum absolute atomic E-state index is 0.0116. The number of benzene rings is 1. The first-order valence-corrected chi connectivity index (χ1v) is 9.96. The fourth-order valence-electron chi connectivity index (χ4n) is 3.40. The summed E-state index contributed by atoms with van der Waals surface area (Å²) in [5.74, 6) is -2.97. The van der Waals surface area contributed by atoms with Crippen molar-refractivity contribution in [2.45, 2.75) is 32.0 Å². The van der Waals surface area contributed by atoms with Gasteiger partial charge in [0.2, 0.25) is 0 Å². The highest BCUT2D eigenvalue weighted by Gasteiger charge is 2.36. The van der Waals surface area contributed by atoms with Gasteiger partial charge >= 0.3 is 0 Å². The molecule has 1 aliphatic rings. The summed E-state index contributed by atoms with van der Waals surface area (Å²) < 4.78 is 50.7. The Hall–Kier alpha value is -3.40. The van der Waals surface area contributed by atoms with E-state index in [1.165, 1.54) is 41.4 Å². The molecular weight excluding hydrogens is 427 g/mol. The van der Waals surface area contributed by atoms with E-state index in [-0.39, 0.29) is 44.0 Å². The van der Waals surface area contributed by atoms with Gasteiger partial charge in [0.1, 0.15) is 36.2 Å². The Labute approximate surface area is 181 Å². The summed E-state index contributed by atoms with van der Waals surface area (Å²) in [6, 6.07) is 8.66. The maximum atomic E-state index is 13.3. The topological polar surface area (TPSA) is 88.7 Å². The van der Waals surface area contributed by atoms with Crippen molar-refractivity contribution in [1.29, 1.82) is 0 Å². The van der Waals surface area contributed by atoms with E-state index in [9.17, 15) is 23.1 Å². The largest absolute Gasteiger partial charge is 0.487 e. The first-order valence-electron chi connectivity index (χ1n) is 9.96. The molecule has 10 heteroatoms. The summed E-state index contributed by atoms with van der Waals surface area (Å²) in [6.45, 7) is -0.444. The second kappa shape index (κ2) is 8.99. The Kier molecular flexibility index (Phi) is 6.13. The summed E-state index contributed by atoms with van der Waals surface area (Å²) in [7, 11) is 0. The number of aliphatic hydroxyl groups excluding tert-OH is 1. The van der Waals surface area contributed by atoms with E-state index in [2.05, 4.69) is 10.1 Å². The Balaban J connectivity index is 1.43. The van der Waals surface area contributed by atoms with Crippen LogP contribution in [-0.4, -0.2) is 45.1 Å². The van der Waals surface area contributed by atoms with Gasteiger partial charge in [-0.05, 0) is 36.4 Å². The van der Waals surface area contributed by atoms with Gasteiger partial charge < -0.3 is 19.3 Å². The van der Waals surface area contributed by atoms with Crippen LogP contribution in [-0.2, 0) is 13.2 Å². The van der Waals surface area contributed by atoms with E-state index in [1.54, 1.807) is 6.07 Å². The van der Waals surface area contributed by atoms with Crippen molar-refractivity contribution >= 4 is 5.91 Å². The monoisotopic (exact) mass is 447 g/mol. The van der Waals surface area contributed by atoms with Gasteiger partial charge in [0, 0.05) is 31.5 Å². The highest BCUT2D eigenvalue weighted by Crippen LogP contribution is 2.29. The predicted octanol–water partition coefficient (Wildman–Crippen LogP) is 3.82. The number of likely N-dealkylation sites (tertiary alicyclic amines) is 1. The summed E-state index contributed by atoms with van der Waals surface area (Å²) in [6.07, 6.45) is 0.639. The molecular formula is C22H20F3N3O4. The molecule has 2 aromatic heterocycles. The first-order chi connectivity index (χ1) is 15.4. The number of piperidine rings is 1. The van der Waals surface area contributed by atoms with Crippen molar-refractivity contribution < 1.29 is 32.3 Å². The van der Waals surface area contributed by atoms with Crippen LogP contribution in [0.4, 0.5) is 13.2 Å². The smallest absolute Gasteiger partial charge is 0.272 e. The number of nitrogens with zero attached hydrogens (tertiary/aromatic N) is 3. The molecule has 1 aromatic carbocycles. The van der Waals surface area contributed by atoms with Crippen LogP contribution in [0.5, 0.6) is 5.75 Å². The zero-order valence-corrected chi connectivity index (χ0v) is 16.9. The van der Waals surface area contributed by atoms with Gasteiger partial charge in [-0.1, -0.05) is 5.16 Å². The van der Waals surface area contributed by atoms with Gasteiger partial charge in [-0.25, -0.2) is 18.2 Å². The van der Waals surface area contributed by atoms with Gasteiger partial charge in [-0.2, -0.15) is 0 Å². The first kappa shape index (κ1) is 21.8. The Morgan fingerprint density at radius 2 is 1.88 bits per heavy atom. The maximum absolute atomic E-state index is 13.3. The van der Waals surface area contributed by atoms with Gasteiger partial charge in [-0.15, -0.1) is 0 Å². The summed E-state index contributed by atoms with van der Waals surface area (Å²) in [5, 5.41) is 13.5. The van der Waals surface area contributed by atoms with Crippen LogP contribution in [0.15, 0.2) is 47.1 Å². The Morgan fingerprint density at radius 1 is 1.16 bits per heavy atom. The molecule has 0 spiro atoms. The molecule has 1 N–H and O–H groups in total. The summed E-state index contributed by atoms with van der Waals surface area (Å²) in [4.78, 5) is 17.9. The number of carbonyl (C=O) groups excluding carboxylic acids is 1. The lowest BCUT2D eigenvalue weighted by Gasteiger charge is -2.31. The second-order valence-electron chi connectivity index (χ2n) is 7.41. The molecule has 3 aromatic rings. The molecule has 4 rings (SSSR count). The highest BCUT2D eigenvalue weighted by molar-refractivity contribution is 5.92. The highest BCUT2D eigenvalue weighted by atomic mass is 19.3. The van der Waals surface area contributed by atoms with E-state index in [0.29, 0.717) is 22.6 Å². The molecule has 1 fully saturated rings. The number of aliphatic hydroxyl groups is 1. The number of ether oxygens (including phenoxy) is 1. The van der Waals surface area contributed by atoms with Crippen LogP contribution in [0.3, 0.4) is 0 Å². The van der Waals surface area contributed by atoms with Crippen LogP contribution in [0.2, 0.25) is 0 Å². The van der Waals surface area contributed by atoms with E-state index < -0.39 is 24.3 Å². The Morgan fingerprint density at radius 3 is 2.50 bits per heavy atom. The van der Waals surface area contributed by atoms with Gasteiger partial charge in [0.25, 0.3) is 11.8 Å². The van der Waals surface area contributed by atoms with Crippen molar-refractivity contribution in [3.8, 4) is 17.0 Å². The molecule has 1 saturated heterocycles. The predicted molar refractivity (Wildman–Crippen MR) is 106 cm³/mol. The lowest BCUT2D eigenvalue weighted by atomic mass is 10.1. The average molecular weight is 447 g/mol. The van der Waals surface area contributed by atoms with Crippen LogP contribution < -0.4 is 4.74 Å². The lowest BCUT2D eigenvalue weighted by Crippen LogP contribution is -2.42. The van der Waals surface area contributed by atoms with Crippen molar-refractivity contribution in [2.75, 3.05) is 13.1 Å². The minimum atomic E-state index is -2.73. The third kappa shape index (κ3) is 4.75. The van der Waals surface area contributed by atoms with Gasteiger partial charge in [0.15, 0.2) is 5.76 Å². The van der Waals surface area contributed by atoms with E-state index in [4.69, 9.17) is 9.26 Å². The molecule has 0 radical (unpaired) electrons. The third-order valence-electron chi connectivity index (χ3n) is 5.25. The van der Waals surface area contributed by atoms with E-state index >= 15 is 0 Å². The van der Waals surface area contributed by atoms with Crippen LogP contribution in [0.1, 0.15) is 34.7 Å². The van der Waals surface area contributed by atoms with Crippen molar-refractivity contribution in [3.63, 3.8) is 0 Å². The maximum Gasteiger partial charge on any atom is 0.272 e. The average Bonchev–Trinajstić information content (AvgIpc) is 3.21. The number of pyridine rings is 1. The molecule has 0 saturated carbocycles. The SMILES string of the molecule is O=C(c1ccc(OCc2c(-c3ccc(F)cc3)noc2CO)cn1)N1CCC(F)(F)CC1. The molecule has 7 nitrogen and oxygen atoms in total. The molecule has 0 unspecified atom stereocenters. The molecule has 0 bridgehead atoms. The number of carbonyl (C=O) groups is 1. The molecule has 0 aliphatic carbocycles. The number of alkyl halides is 2. The number of amides is 1. The molecule has 1 amide bonds. The zero-order chi connectivity index (χ0) is 22.7. The number of aromatic nitrogens is 2. The van der Waals surface area contributed by atoms with Crippen LogP contribution >= 0.6 is 0 Å². The van der Waals surface area contributed by atoms with Gasteiger partial charge in [-0.3, -0.25) is 4.79 Å². The van der Waals surface area contributed by atoms with Crippen molar-refractivity contribution in [3.05, 3.63) is 65.4 Å². The van der Waals surface area contributed by atoms with Crippen LogP contribution in [0.25, 0.3) is 11.3 Å². The normalized spacial score (nSPS) is 15.6. The quantitative estimate of drug-likeness (QED) is 0.618. The summed E-state index contributed by atoms with van der Waals surface area (Å²) in [5.41, 5.74) is 1.64. The Bertz CT molecular complexity index is 1070. The fourth-order valence-corrected chi connectivity index (χ4v) is 3.40. The lowest BCUT2D eigenvalue weighted by molar-refractivity contribution is -0.0495. The van der Waals surface area contributed by atoms with E-state index in [1.807, 2.05) is 0 Å². The van der Waals surface area contributed by atoms with Crippen molar-refractivity contribution in [1.82, 2.24) is 15.0 Å². The number of hydrogen-bond donors (Lipinski definition) is 1. The molecule has 168 valence electrons. The molecule has 1 aliphatic heterocycles. The third-order valence-corrected chi connectivity index (χ3v) is 5.25. The zero-order valence-electron chi connectivity index (χ0n) is 16.9. The number of hydrogen-bond acceptors (Lipinski definition) is 6. The minimum Gasteiger partial charge on any atom is -0.487 e. The number of rotatable bonds is 6. The standard InChI is InChI=1S/C22H20F3N3O4/c23-15-3-1-14(2-4-15)20-17(19(12-29)32-27-20)13-31-16-5-6-18(26-11-16)21(30)28-9-7-22(24,25)8-10-28/h1-6,11,29H,7-10,12-13H2. The molecule has 32 heavy (non-hydrogen) atoms. The van der Waals surface area contributed by atoms with Crippen LogP contribution in [0, 0.1) is 5.82 Å². The molecule has 3 heterocycles. The molecule has 0 atom stereocenters. The van der Waals surface area contributed by atoms with Crippen molar-refractivity contribution in [2.24, 2.45) is 0 Å². The van der Waals surface area contributed by atoms with E-state index in [0.717, 1.165) is 0 Å². The number of halogens is 3. The second-order valence-corrected chi connectivity index (χ2v) is 7.41. The summed E-state index contributed by atoms with van der Waals surface area (Å²) >= 11 is 0.